The van der Waals surface area contributed by atoms with Crippen LogP contribution in [0, 0.1) is 13.8 Å². The third kappa shape index (κ3) is 1.65. The Bertz CT molecular complexity index is 515. The van der Waals surface area contributed by atoms with Crippen molar-refractivity contribution in [3.63, 3.8) is 0 Å². The zero-order chi connectivity index (χ0) is 11.9. The molecule has 0 aliphatic heterocycles. The van der Waals surface area contributed by atoms with Crippen LogP contribution in [0.5, 0.6) is 0 Å². The fourth-order valence-corrected chi connectivity index (χ4v) is 2.35. The van der Waals surface area contributed by atoms with Crippen LogP contribution in [0.2, 0.25) is 0 Å². The van der Waals surface area contributed by atoms with Crippen molar-refractivity contribution in [1.82, 2.24) is 10.1 Å². The van der Waals surface area contributed by atoms with Crippen molar-refractivity contribution in [3.8, 4) is 11.5 Å². The van der Waals surface area contributed by atoms with Gasteiger partial charge in [-0.1, -0.05) is 0 Å². The van der Waals surface area contributed by atoms with Crippen molar-refractivity contribution in [2.24, 2.45) is 0 Å². The van der Waals surface area contributed by atoms with Crippen LogP contribution in [-0.2, 0) is 0 Å². The first-order valence-electron chi connectivity index (χ1n) is 4.87. The highest BCUT2D eigenvalue weighted by molar-refractivity contribution is 7.16. The number of nitrogens with two attached hydrogens (primary N) is 1. The third-order valence-electron chi connectivity index (χ3n) is 2.44. The molecule has 0 spiro atoms. The summed E-state index contributed by atoms with van der Waals surface area (Å²) in [6, 6.07) is 0. The first-order valence-corrected chi connectivity index (χ1v) is 5.69. The van der Waals surface area contributed by atoms with Gasteiger partial charge in [-0.3, -0.25) is 0 Å². The molecule has 2 N–H and O–H groups in total. The Hall–Kier alpha value is -1.56. The average molecular weight is 238 g/mol. The maximum Gasteiger partial charge on any atom is 0.265 e. The van der Waals surface area contributed by atoms with Crippen molar-refractivity contribution in [3.05, 3.63) is 10.4 Å². The Kier molecular flexibility index (Phi) is 2.59. The monoisotopic (exact) mass is 238 g/mol. The second kappa shape index (κ2) is 3.79. The molecule has 2 aromatic heterocycles. The largest absolute Gasteiger partial charge is 0.390 e. The second-order valence-electron chi connectivity index (χ2n) is 3.82. The molecule has 86 valence electrons. The topological polar surface area (TPSA) is 68.2 Å². The van der Waals surface area contributed by atoms with Crippen molar-refractivity contribution in [2.75, 3.05) is 24.7 Å². The Balaban J connectivity index is 2.50. The molecule has 0 fully saturated rings. The van der Waals surface area contributed by atoms with E-state index in [1.54, 1.807) is 16.2 Å². The SMILES string of the molecule is Cc1sc(N)c(-c2nc(N(C)C)no2)c1C. The first-order chi connectivity index (χ1) is 7.50. The highest BCUT2D eigenvalue weighted by atomic mass is 32.1. The molecule has 0 atom stereocenters. The van der Waals surface area contributed by atoms with E-state index in [0.29, 0.717) is 11.8 Å². The number of rotatable bonds is 2. The van der Waals surface area contributed by atoms with Crippen LogP contribution in [0.15, 0.2) is 4.52 Å². The molecule has 0 radical (unpaired) electrons. The lowest BCUT2D eigenvalue weighted by Gasteiger charge is -2.02. The molecular weight excluding hydrogens is 224 g/mol. The van der Waals surface area contributed by atoms with Gasteiger partial charge in [0.15, 0.2) is 0 Å². The summed E-state index contributed by atoms with van der Waals surface area (Å²) < 4.78 is 5.21. The summed E-state index contributed by atoms with van der Waals surface area (Å²) >= 11 is 1.54. The molecule has 5 nitrogen and oxygen atoms in total. The van der Waals surface area contributed by atoms with E-state index in [9.17, 15) is 0 Å². The molecule has 0 aromatic carbocycles. The Labute approximate surface area is 97.9 Å². The van der Waals surface area contributed by atoms with Gasteiger partial charge in [-0.05, 0) is 24.6 Å². The molecule has 0 bridgehead atoms. The van der Waals surface area contributed by atoms with Gasteiger partial charge in [0.2, 0.25) is 0 Å². The smallest absolute Gasteiger partial charge is 0.265 e. The van der Waals surface area contributed by atoms with E-state index < -0.39 is 0 Å². The number of thiophene rings is 1. The fourth-order valence-electron chi connectivity index (χ4n) is 1.42. The van der Waals surface area contributed by atoms with Gasteiger partial charge in [0.25, 0.3) is 11.8 Å². The van der Waals surface area contributed by atoms with Crippen LogP contribution in [0.4, 0.5) is 10.9 Å². The lowest BCUT2D eigenvalue weighted by atomic mass is 10.1. The van der Waals surface area contributed by atoms with E-state index in [2.05, 4.69) is 10.1 Å². The summed E-state index contributed by atoms with van der Waals surface area (Å²) in [4.78, 5) is 7.26. The molecule has 0 aliphatic rings. The lowest BCUT2D eigenvalue weighted by Crippen LogP contribution is -2.10. The van der Waals surface area contributed by atoms with E-state index >= 15 is 0 Å². The van der Waals surface area contributed by atoms with Gasteiger partial charge in [0, 0.05) is 19.0 Å². The average Bonchev–Trinajstić information content (AvgIpc) is 2.74. The van der Waals surface area contributed by atoms with Crippen LogP contribution in [-0.4, -0.2) is 24.2 Å². The minimum absolute atomic E-state index is 0.489. The minimum atomic E-state index is 0.489. The number of hydrogen-bond acceptors (Lipinski definition) is 6. The summed E-state index contributed by atoms with van der Waals surface area (Å²) in [6.45, 7) is 4.04. The molecule has 0 amide bonds. The number of nitrogens with zero attached hydrogens (tertiary/aromatic N) is 3. The van der Waals surface area contributed by atoms with E-state index in [1.165, 1.54) is 4.88 Å². The van der Waals surface area contributed by atoms with E-state index in [-0.39, 0.29) is 0 Å². The normalized spacial score (nSPS) is 10.8. The van der Waals surface area contributed by atoms with E-state index in [0.717, 1.165) is 16.1 Å². The standard InChI is InChI=1S/C10H14N4OS/c1-5-6(2)16-8(11)7(5)9-12-10(13-15-9)14(3)4/h11H2,1-4H3. The van der Waals surface area contributed by atoms with Gasteiger partial charge in [0.05, 0.1) is 10.6 Å². The van der Waals surface area contributed by atoms with E-state index in [4.69, 9.17) is 10.3 Å². The van der Waals surface area contributed by atoms with Crippen molar-refractivity contribution >= 4 is 22.3 Å². The summed E-state index contributed by atoms with van der Waals surface area (Å²) in [5, 5.41) is 4.60. The molecule has 2 heterocycles. The highest BCUT2D eigenvalue weighted by Crippen LogP contribution is 2.37. The molecule has 0 unspecified atom stereocenters. The third-order valence-corrected chi connectivity index (χ3v) is 3.48. The van der Waals surface area contributed by atoms with E-state index in [1.807, 2.05) is 27.9 Å². The number of aryl methyl sites for hydroxylation is 1. The van der Waals surface area contributed by atoms with Crippen molar-refractivity contribution < 1.29 is 4.52 Å². The van der Waals surface area contributed by atoms with Crippen LogP contribution in [0.3, 0.4) is 0 Å². The maximum atomic E-state index is 5.94. The van der Waals surface area contributed by atoms with Crippen LogP contribution in [0.1, 0.15) is 10.4 Å². The molecule has 0 saturated heterocycles. The predicted octanol–water partition coefficient (Wildman–Crippen LogP) is 2.06. The highest BCUT2D eigenvalue weighted by Gasteiger charge is 2.18. The summed E-state index contributed by atoms with van der Waals surface area (Å²) in [5.74, 6) is 1.04. The number of nitrogen functional groups attached to an aromatic ring is 1. The number of anilines is 2. The van der Waals surface area contributed by atoms with Gasteiger partial charge in [-0.15, -0.1) is 11.3 Å². The predicted molar refractivity (Wildman–Crippen MR) is 65.8 cm³/mol. The number of aromatic nitrogens is 2. The molecule has 2 aromatic rings. The number of hydrogen-bond donors (Lipinski definition) is 1. The Morgan fingerprint density at radius 1 is 1.31 bits per heavy atom. The summed E-state index contributed by atoms with van der Waals surface area (Å²) in [6.07, 6.45) is 0. The molecule has 16 heavy (non-hydrogen) atoms. The first kappa shape index (κ1) is 10.9. The zero-order valence-electron chi connectivity index (χ0n) is 9.74. The van der Waals surface area contributed by atoms with Crippen LogP contribution < -0.4 is 10.6 Å². The van der Waals surface area contributed by atoms with Gasteiger partial charge in [-0.2, -0.15) is 4.98 Å². The maximum absolute atomic E-state index is 5.94. The van der Waals surface area contributed by atoms with Gasteiger partial charge in [0.1, 0.15) is 0 Å². The second-order valence-corrected chi connectivity index (χ2v) is 5.07. The van der Waals surface area contributed by atoms with Crippen LogP contribution >= 0.6 is 11.3 Å². The van der Waals surface area contributed by atoms with Gasteiger partial charge in [-0.25, -0.2) is 0 Å². The van der Waals surface area contributed by atoms with Crippen LogP contribution in [0.25, 0.3) is 11.5 Å². The zero-order valence-corrected chi connectivity index (χ0v) is 10.6. The fraction of sp³-hybridized carbons (Fsp3) is 0.400. The molecular formula is C10H14N4OS. The van der Waals surface area contributed by atoms with Crippen molar-refractivity contribution in [1.29, 1.82) is 0 Å². The Morgan fingerprint density at radius 3 is 2.44 bits per heavy atom. The molecule has 0 aliphatic carbocycles. The summed E-state index contributed by atoms with van der Waals surface area (Å²) in [7, 11) is 3.73. The summed E-state index contributed by atoms with van der Waals surface area (Å²) in [5.41, 5.74) is 7.91. The van der Waals surface area contributed by atoms with Gasteiger partial charge < -0.3 is 15.2 Å². The lowest BCUT2D eigenvalue weighted by molar-refractivity contribution is 0.431. The molecule has 6 heteroatoms. The Morgan fingerprint density at radius 2 is 2.00 bits per heavy atom. The molecule has 2 rings (SSSR count). The minimum Gasteiger partial charge on any atom is -0.390 e. The van der Waals surface area contributed by atoms with Gasteiger partial charge >= 0.3 is 0 Å². The molecule has 0 saturated carbocycles. The quantitative estimate of drug-likeness (QED) is 0.867. The van der Waals surface area contributed by atoms with Crippen molar-refractivity contribution in [2.45, 2.75) is 13.8 Å².